The third-order valence-corrected chi connectivity index (χ3v) is 6.11. The molecule has 3 aromatic rings. The van der Waals surface area contributed by atoms with Gasteiger partial charge in [0.2, 0.25) is 5.91 Å². The van der Waals surface area contributed by atoms with Crippen LogP contribution in [0.2, 0.25) is 0 Å². The lowest BCUT2D eigenvalue weighted by atomic mass is 10.0. The van der Waals surface area contributed by atoms with Crippen LogP contribution in [0.15, 0.2) is 78.9 Å². The van der Waals surface area contributed by atoms with Gasteiger partial charge in [-0.1, -0.05) is 54.6 Å². The first kappa shape index (κ1) is 26.8. The molecule has 6 heteroatoms. The normalized spacial score (nSPS) is 11.5. The van der Waals surface area contributed by atoms with E-state index in [2.05, 4.69) is 12.1 Å². The quantitative estimate of drug-likeness (QED) is 0.309. The van der Waals surface area contributed by atoms with E-state index >= 15 is 0 Å². The fourth-order valence-electron chi connectivity index (χ4n) is 3.66. The van der Waals surface area contributed by atoms with Gasteiger partial charge in [-0.05, 0) is 67.1 Å². The molecule has 0 bridgehead atoms. The van der Waals surface area contributed by atoms with Gasteiger partial charge in [0.1, 0.15) is 11.5 Å². The maximum Gasteiger partial charge on any atom is 0.310 e. The largest absolute Gasteiger partial charge is 0.494 e. The molecule has 190 valence electrons. The van der Waals surface area contributed by atoms with Crippen molar-refractivity contribution in [2.45, 2.75) is 38.5 Å². The number of amides is 1. The molecule has 1 atom stereocenters. The molecule has 0 aliphatic rings. The van der Waals surface area contributed by atoms with Crippen molar-refractivity contribution in [3.8, 4) is 11.5 Å². The summed E-state index contributed by atoms with van der Waals surface area (Å²) in [5.41, 5.74) is 2.95. The minimum atomic E-state index is -0.839. The van der Waals surface area contributed by atoms with E-state index in [0.717, 1.165) is 41.9 Å². The molecule has 1 unspecified atom stereocenters. The fourth-order valence-corrected chi connectivity index (χ4v) is 3.66. The summed E-state index contributed by atoms with van der Waals surface area (Å²) >= 11 is 0. The van der Waals surface area contributed by atoms with Crippen LogP contribution in [0.3, 0.4) is 0 Å². The van der Waals surface area contributed by atoms with Crippen molar-refractivity contribution in [3.05, 3.63) is 95.6 Å². The Labute approximate surface area is 213 Å². The smallest absolute Gasteiger partial charge is 0.310 e. The van der Waals surface area contributed by atoms with Crippen LogP contribution in [0.4, 0.5) is 0 Å². The van der Waals surface area contributed by atoms with E-state index < -0.39 is 11.9 Å². The van der Waals surface area contributed by atoms with Crippen molar-refractivity contribution < 1.29 is 24.2 Å². The molecule has 3 rings (SSSR count). The number of hydrogen-bond acceptors (Lipinski definition) is 4. The number of hydrogen-bond donors (Lipinski definition) is 1. The van der Waals surface area contributed by atoms with Gasteiger partial charge in [0.05, 0.1) is 25.6 Å². The Balaban J connectivity index is 1.30. The molecule has 0 fully saturated rings. The van der Waals surface area contributed by atoms with Gasteiger partial charge in [0.25, 0.3) is 0 Å². The zero-order valence-corrected chi connectivity index (χ0v) is 21.1. The molecular formula is C30H35NO5. The third kappa shape index (κ3) is 8.77. The van der Waals surface area contributed by atoms with Gasteiger partial charge in [0.15, 0.2) is 0 Å². The van der Waals surface area contributed by atoms with E-state index in [4.69, 9.17) is 14.6 Å². The molecular weight excluding hydrogens is 454 g/mol. The summed E-state index contributed by atoms with van der Waals surface area (Å²) in [6.07, 6.45) is 2.91. The van der Waals surface area contributed by atoms with E-state index in [1.54, 1.807) is 36.1 Å². The third-order valence-electron chi connectivity index (χ3n) is 6.11. The van der Waals surface area contributed by atoms with E-state index in [-0.39, 0.29) is 5.91 Å². The zero-order valence-electron chi connectivity index (χ0n) is 21.1. The first-order valence-electron chi connectivity index (χ1n) is 12.4. The molecule has 3 aromatic carbocycles. The Kier molecular flexibility index (Phi) is 10.4. The highest BCUT2D eigenvalue weighted by molar-refractivity contribution is 5.78. The number of ether oxygens (including phenoxy) is 2. The lowest BCUT2D eigenvalue weighted by Gasteiger charge is -2.17. The molecule has 0 heterocycles. The Morgan fingerprint density at radius 1 is 0.806 bits per heavy atom. The van der Waals surface area contributed by atoms with Crippen LogP contribution in [0.25, 0.3) is 0 Å². The minimum absolute atomic E-state index is 0.102. The summed E-state index contributed by atoms with van der Waals surface area (Å²) in [5.74, 6) is 0.248. The maximum atomic E-state index is 12.5. The van der Waals surface area contributed by atoms with Gasteiger partial charge in [-0.15, -0.1) is 0 Å². The number of nitrogens with zero attached hydrogens (tertiary/aromatic N) is 1. The van der Waals surface area contributed by atoms with E-state index in [9.17, 15) is 9.59 Å². The van der Waals surface area contributed by atoms with Crippen LogP contribution in [0, 0.1) is 0 Å². The predicted octanol–water partition coefficient (Wildman–Crippen LogP) is 5.36. The molecule has 0 aromatic heterocycles. The highest BCUT2D eigenvalue weighted by Crippen LogP contribution is 2.20. The molecule has 1 amide bonds. The van der Waals surface area contributed by atoms with E-state index in [1.165, 1.54) is 5.56 Å². The van der Waals surface area contributed by atoms with Crippen molar-refractivity contribution >= 4 is 11.9 Å². The summed E-state index contributed by atoms with van der Waals surface area (Å²) in [4.78, 5) is 25.4. The van der Waals surface area contributed by atoms with Crippen molar-refractivity contribution in [1.82, 2.24) is 4.90 Å². The fraction of sp³-hybridized carbons (Fsp3) is 0.333. The van der Waals surface area contributed by atoms with Crippen LogP contribution in [-0.2, 0) is 22.4 Å². The zero-order chi connectivity index (χ0) is 25.8. The lowest BCUT2D eigenvalue weighted by Crippen LogP contribution is -2.30. The second kappa shape index (κ2) is 13.9. The SMILES string of the molecule is CC(C(=O)O)c1ccc(OCCCCOc2ccc(CC(=O)N(C)CCc3ccccc3)cc2)cc1. The first-order chi connectivity index (χ1) is 17.4. The average Bonchev–Trinajstić information content (AvgIpc) is 2.90. The van der Waals surface area contributed by atoms with E-state index in [0.29, 0.717) is 26.2 Å². The Morgan fingerprint density at radius 2 is 1.36 bits per heavy atom. The molecule has 0 radical (unpaired) electrons. The summed E-state index contributed by atoms with van der Waals surface area (Å²) in [6, 6.07) is 25.1. The van der Waals surface area contributed by atoms with Crippen LogP contribution in [-0.4, -0.2) is 48.7 Å². The van der Waals surface area contributed by atoms with Gasteiger partial charge < -0.3 is 19.5 Å². The van der Waals surface area contributed by atoms with Gasteiger partial charge >= 0.3 is 5.97 Å². The lowest BCUT2D eigenvalue weighted by molar-refractivity contribution is -0.138. The molecule has 1 N–H and O–H groups in total. The van der Waals surface area contributed by atoms with Crippen molar-refractivity contribution in [2.24, 2.45) is 0 Å². The molecule has 0 saturated carbocycles. The number of carboxylic acid groups (broad SMARTS) is 1. The van der Waals surface area contributed by atoms with Gasteiger partial charge in [-0.2, -0.15) is 0 Å². The number of carbonyl (C=O) groups is 2. The van der Waals surface area contributed by atoms with Crippen LogP contribution >= 0.6 is 0 Å². The van der Waals surface area contributed by atoms with Crippen LogP contribution < -0.4 is 9.47 Å². The van der Waals surface area contributed by atoms with Crippen LogP contribution in [0.1, 0.15) is 42.4 Å². The second-order valence-corrected chi connectivity index (χ2v) is 8.90. The Hall–Kier alpha value is -3.80. The molecule has 0 aliphatic carbocycles. The van der Waals surface area contributed by atoms with Gasteiger partial charge in [-0.3, -0.25) is 9.59 Å². The minimum Gasteiger partial charge on any atom is -0.494 e. The average molecular weight is 490 g/mol. The number of carbonyl (C=O) groups excluding carboxylic acids is 1. The Bertz CT molecular complexity index is 1080. The standard InChI is InChI=1S/C30H35NO5/c1-23(30(33)34)26-12-16-28(17-13-26)36-21-7-6-20-35-27-14-10-25(11-15-27)22-29(32)31(2)19-18-24-8-4-3-5-9-24/h3-5,8-17,23H,6-7,18-22H2,1-2H3,(H,33,34). The van der Waals surface area contributed by atoms with Crippen LogP contribution in [0.5, 0.6) is 11.5 Å². The molecule has 36 heavy (non-hydrogen) atoms. The summed E-state index contributed by atoms with van der Waals surface area (Å²) in [6.45, 7) is 3.51. The number of likely N-dealkylation sites (N-methyl/N-ethyl adjacent to an activating group) is 1. The molecule has 6 nitrogen and oxygen atoms in total. The Morgan fingerprint density at radius 3 is 1.92 bits per heavy atom. The van der Waals surface area contributed by atoms with Crippen molar-refractivity contribution in [1.29, 1.82) is 0 Å². The molecule has 0 spiro atoms. The summed E-state index contributed by atoms with van der Waals surface area (Å²) < 4.78 is 11.5. The monoisotopic (exact) mass is 489 g/mol. The first-order valence-corrected chi connectivity index (χ1v) is 12.4. The number of aliphatic carboxylic acids is 1. The number of benzene rings is 3. The van der Waals surface area contributed by atoms with Crippen molar-refractivity contribution in [2.75, 3.05) is 26.8 Å². The molecule has 0 saturated heterocycles. The summed E-state index contributed by atoms with van der Waals surface area (Å²) in [7, 11) is 1.85. The van der Waals surface area contributed by atoms with Gasteiger partial charge in [-0.25, -0.2) is 0 Å². The molecule has 0 aliphatic heterocycles. The maximum absolute atomic E-state index is 12.5. The predicted molar refractivity (Wildman–Crippen MR) is 141 cm³/mol. The highest BCUT2D eigenvalue weighted by atomic mass is 16.5. The topological polar surface area (TPSA) is 76.1 Å². The highest BCUT2D eigenvalue weighted by Gasteiger charge is 2.13. The second-order valence-electron chi connectivity index (χ2n) is 8.90. The van der Waals surface area contributed by atoms with Crippen molar-refractivity contribution in [3.63, 3.8) is 0 Å². The number of unbranched alkanes of at least 4 members (excludes halogenated alkanes) is 1. The summed E-state index contributed by atoms with van der Waals surface area (Å²) in [5, 5.41) is 9.07. The number of carboxylic acids is 1. The van der Waals surface area contributed by atoms with Gasteiger partial charge in [0, 0.05) is 13.6 Å². The van der Waals surface area contributed by atoms with E-state index in [1.807, 2.05) is 49.5 Å². The number of rotatable bonds is 14.